The summed E-state index contributed by atoms with van der Waals surface area (Å²) in [5.74, 6) is -0.461. The minimum atomic E-state index is -0.461. The van der Waals surface area contributed by atoms with Crippen LogP contribution in [0.25, 0.3) is 0 Å². The Kier molecular flexibility index (Phi) is 3.75. The molecule has 0 bridgehead atoms. The summed E-state index contributed by atoms with van der Waals surface area (Å²) in [4.78, 5) is 13.7. The van der Waals surface area contributed by atoms with Crippen molar-refractivity contribution < 1.29 is 4.79 Å². The fraction of sp³-hybridized carbons (Fsp3) is 0.500. The zero-order valence-electron chi connectivity index (χ0n) is 10.9. The van der Waals surface area contributed by atoms with Crippen molar-refractivity contribution in [2.45, 2.75) is 38.6 Å². The summed E-state index contributed by atoms with van der Waals surface area (Å²) in [7, 11) is 0. The molecule has 0 saturated heterocycles. The fourth-order valence-corrected chi connectivity index (χ4v) is 2.80. The molecule has 0 heterocycles. The Bertz CT molecular complexity index is 439. The molecule has 1 saturated carbocycles. The lowest BCUT2D eigenvalue weighted by Crippen LogP contribution is -2.33. The maximum absolute atomic E-state index is 11.3. The third-order valence-corrected chi connectivity index (χ3v) is 3.74. The molecular formula is C14H21N3O. The van der Waals surface area contributed by atoms with Gasteiger partial charge >= 0.3 is 0 Å². The van der Waals surface area contributed by atoms with Gasteiger partial charge in [-0.05, 0) is 38.0 Å². The van der Waals surface area contributed by atoms with E-state index < -0.39 is 5.91 Å². The first kappa shape index (κ1) is 12.7. The molecule has 1 aromatic carbocycles. The Morgan fingerprint density at radius 3 is 2.61 bits per heavy atom. The molecule has 0 aliphatic heterocycles. The number of nitrogen functional groups attached to an aromatic ring is 1. The summed E-state index contributed by atoms with van der Waals surface area (Å²) >= 11 is 0. The van der Waals surface area contributed by atoms with Gasteiger partial charge in [0.25, 0.3) is 5.91 Å². The molecule has 0 aromatic heterocycles. The van der Waals surface area contributed by atoms with Gasteiger partial charge in [-0.3, -0.25) is 4.79 Å². The fourth-order valence-electron chi connectivity index (χ4n) is 2.80. The highest BCUT2D eigenvalue weighted by Crippen LogP contribution is 2.29. The summed E-state index contributed by atoms with van der Waals surface area (Å²) in [5.41, 5.74) is 13.0. The van der Waals surface area contributed by atoms with E-state index in [1.54, 1.807) is 6.07 Å². The molecule has 98 valence electrons. The maximum Gasteiger partial charge on any atom is 0.250 e. The van der Waals surface area contributed by atoms with Gasteiger partial charge in [0.1, 0.15) is 0 Å². The summed E-state index contributed by atoms with van der Waals surface area (Å²) in [6, 6.07) is 6.15. The molecule has 1 aromatic rings. The maximum atomic E-state index is 11.3. The van der Waals surface area contributed by atoms with Crippen LogP contribution < -0.4 is 16.4 Å². The molecule has 2 rings (SSSR count). The Morgan fingerprint density at radius 1 is 1.39 bits per heavy atom. The van der Waals surface area contributed by atoms with E-state index in [4.69, 9.17) is 11.5 Å². The normalized spacial score (nSPS) is 15.8. The number of hydrogen-bond acceptors (Lipinski definition) is 3. The van der Waals surface area contributed by atoms with Crippen LogP contribution >= 0.6 is 0 Å². The van der Waals surface area contributed by atoms with Gasteiger partial charge in [0.2, 0.25) is 0 Å². The topological polar surface area (TPSA) is 72.3 Å². The van der Waals surface area contributed by atoms with E-state index in [1.165, 1.54) is 25.7 Å². The summed E-state index contributed by atoms with van der Waals surface area (Å²) in [5, 5.41) is 0. The number of benzene rings is 1. The second kappa shape index (κ2) is 5.29. The van der Waals surface area contributed by atoms with Crippen molar-refractivity contribution in [3.05, 3.63) is 23.8 Å². The van der Waals surface area contributed by atoms with Crippen molar-refractivity contribution in [3.63, 3.8) is 0 Å². The molecule has 0 radical (unpaired) electrons. The number of rotatable bonds is 4. The van der Waals surface area contributed by atoms with E-state index >= 15 is 0 Å². The van der Waals surface area contributed by atoms with E-state index in [9.17, 15) is 4.79 Å². The number of carbonyl (C=O) groups excluding carboxylic acids is 1. The zero-order valence-corrected chi connectivity index (χ0v) is 10.9. The number of nitrogens with two attached hydrogens (primary N) is 2. The smallest absolute Gasteiger partial charge is 0.250 e. The van der Waals surface area contributed by atoms with Gasteiger partial charge in [-0.1, -0.05) is 12.8 Å². The lowest BCUT2D eigenvalue weighted by molar-refractivity contribution is 0.100. The predicted molar refractivity (Wildman–Crippen MR) is 74.6 cm³/mol. The summed E-state index contributed by atoms with van der Waals surface area (Å²) < 4.78 is 0. The summed E-state index contributed by atoms with van der Waals surface area (Å²) in [6.45, 7) is 3.07. The minimum Gasteiger partial charge on any atom is -0.398 e. The SMILES string of the molecule is CCN(c1ccc(N)c(C(N)=O)c1)C1CCCC1. The first-order chi connectivity index (χ1) is 8.63. The average molecular weight is 247 g/mol. The molecule has 0 unspecified atom stereocenters. The van der Waals surface area contributed by atoms with E-state index in [0.717, 1.165) is 12.2 Å². The van der Waals surface area contributed by atoms with Gasteiger partial charge in [-0.15, -0.1) is 0 Å². The highest BCUT2D eigenvalue weighted by Gasteiger charge is 2.22. The van der Waals surface area contributed by atoms with Gasteiger partial charge in [0, 0.05) is 24.0 Å². The van der Waals surface area contributed by atoms with Crippen molar-refractivity contribution >= 4 is 17.3 Å². The van der Waals surface area contributed by atoms with Crippen molar-refractivity contribution in [1.82, 2.24) is 0 Å². The molecule has 4 heteroatoms. The van der Waals surface area contributed by atoms with Crippen LogP contribution in [-0.2, 0) is 0 Å². The van der Waals surface area contributed by atoms with Gasteiger partial charge in [0.05, 0.1) is 5.56 Å². The van der Waals surface area contributed by atoms with Crippen LogP contribution in [-0.4, -0.2) is 18.5 Å². The van der Waals surface area contributed by atoms with Crippen LogP contribution in [0.15, 0.2) is 18.2 Å². The number of nitrogens with zero attached hydrogens (tertiary/aromatic N) is 1. The first-order valence-electron chi connectivity index (χ1n) is 6.59. The Hall–Kier alpha value is -1.71. The number of hydrogen-bond donors (Lipinski definition) is 2. The van der Waals surface area contributed by atoms with Gasteiger partial charge < -0.3 is 16.4 Å². The number of amides is 1. The average Bonchev–Trinajstić information content (AvgIpc) is 2.85. The van der Waals surface area contributed by atoms with Crippen molar-refractivity contribution in [2.75, 3.05) is 17.2 Å². The van der Waals surface area contributed by atoms with Gasteiger partial charge in [-0.2, -0.15) is 0 Å². The molecule has 18 heavy (non-hydrogen) atoms. The van der Waals surface area contributed by atoms with Crippen LogP contribution in [0, 0.1) is 0 Å². The van der Waals surface area contributed by atoms with Crippen molar-refractivity contribution in [2.24, 2.45) is 5.73 Å². The van der Waals surface area contributed by atoms with Crippen LogP contribution in [0.3, 0.4) is 0 Å². The van der Waals surface area contributed by atoms with Gasteiger partial charge in [-0.25, -0.2) is 0 Å². The quantitative estimate of drug-likeness (QED) is 0.801. The molecule has 4 N–H and O–H groups in total. The monoisotopic (exact) mass is 247 g/mol. The second-order valence-electron chi connectivity index (χ2n) is 4.86. The van der Waals surface area contributed by atoms with Crippen molar-refractivity contribution in [3.8, 4) is 0 Å². The third kappa shape index (κ3) is 2.42. The molecular weight excluding hydrogens is 226 g/mol. The zero-order chi connectivity index (χ0) is 13.1. The molecule has 1 aliphatic carbocycles. The number of primary amides is 1. The van der Waals surface area contributed by atoms with Crippen LogP contribution in [0.4, 0.5) is 11.4 Å². The standard InChI is InChI=1S/C14H21N3O/c1-2-17(10-5-3-4-6-10)11-7-8-13(15)12(9-11)14(16)18/h7-10H,2-6,15H2,1H3,(H2,16,18). The molecule has 0 spiro atoms. The highest BCUT2D eigenvalue weighted by molar-refractivity contribution is 5.99. The molecule has 0 atom stereocenters. The Morgan fingerprint density at radius 2 is 2.06 bits per heavy atom. The minimum absolute atomic E-state index is 0.420. The lowest BCUT2D eigenvalue weighted by Gasteiger charge is -2.30. The lowest BCUT2D eigenvalue weighted by atomic mass is 10.1. The molecule has 1 fully saturated rings. The first-order valence-corrected chi connectivity index (χ1v) is 6.59. The molecule has 1 amide bonds. The largest absolute Gasteiger partial charge is 0.398 e. The number of carbonyl (C=O) groups is 1. The van der Waals surface area contributed by atoms with E-state index in [2.05, 4.69) is 11.8 Å². The van der Waals surface area contributed by atoms with Crippen LogP contribution in [0.1, 0.15) is 43.0 Å². The molecule has 1 aliphatic rings. The van der Waals surface area contributed by atoms with E-state index in [0.29, 0.717) is 17.3 Å². The summed E-state index contributed by atoms with van der Waals surface area (Å²) in [6.07, 6.45) is 5.03. The van der Waals surface area contributed by atoms with E-state index in [1.807, 2.05) is 12.1 Å². The predicted octanol–water partition coefficient (Wildman–Crippen LogP) is 2.14. The Balaban J connectivity index is 2.30. The van der Waals surface area contributed by atoms with Crippen LogP contribution in [0.5, 0.6) is 0 Å². The highest BCUT2D eigenvalue weighted by atomic mass is 16.1. The van der Waals surface area contributed by atoms with Gasteiger partial charge in [0.15, 0.2) is 0 Å². The second-order valence-corrected chi connectivity index (χ2v) is 4.86. The third-order valence-electron chi connectivity index (χ3n) is 3.74. The molecule has 4 nitrogen and oxygen atoms in total. The number of anilines is 2. The van der Waals surface area contributed by atoms with E-state index in [-0.39, 0.29) is 0 Å². The Labute approximate surface area is 108 Å². The van der Waals surface area contributed by atoms with Crippen molar-refractivity contribution in [1.29, 1.82) is 0 Å². The van der Waals surface area contributed by atoms with Crippen LogP contribution in [0.2, 0.25) is 0 Å².